The largest absolute Gasteiger partial charge is 0.369 e. The highest BCUT2D eigenvalue weighted by atomic mass is 79.9. The molecule has 0 spiro atoms. The predicted molar refractivity (Wildman–Crippen MR) is 84.9 cm³/mol. The van der Waals surface area contributed by atoms with Crippen molar-refractivity contribution in [3.63, 3.8) is 0 Å². The van der Waals surface area contributed by atoms with E-state index in [1.807, 2.05) is 6.07 Å². The molecule has 0 aliphatic rings. The van der Waals surface area contributed by atoms with Crippen LogP contribution in [-0.2, 0) is 11.8 Å². The predicted octanol–water partition coefficient (Wildman–Crippen LogP) is 4.25. The summed E-state index contributed by atoms with van der Waals surface area (Å²) in [6, 6.07) is 6.20. The van der Waals surface area contributed by atoms with Crippen molar-refractivity contribution in [3.05, 3.63) is 38.9 Å². The van der Waals surface area contributed by atoms with Crippen LogP contribution in [0.2, 0.25) is 0 Å². The maximum atomic E-state index is 4.49. The first-order chi connectivity index (χ1) is 9.01. The molecule has 3 nitrogen and oxygen atoms in total. The molecule has 2 rings (SSSR count). The maximum Gasteiger partial charge on any atom is 0.131 e. The van der Waals surface area contributed by atoms with Crippen LogP contribution in [0.3, 0.4) is 0 Å². The van der Waals surface area contributed by atoms with Gasteiger partial charge in [-0.15, -0.1) is 11.3 Å². The molecule has 5 heteroatoms. The monoisotopic (exact) mass is 339 g/mol. The van der Waals surface area contributed by atoms with E-state index in [0.717, 1.165) is 29.2 Å². The first-order valence-corrected chi connectivity index (χ1v) is 8.00. The number of hydrogen-bond donors (Lipinski definition) is 1. The van der Waals surface area contributed by atoms with Gasteiger partial charge < -0.3 is 5.32 Å². The highest BCUT2D eigenvalue weighted by Gasteiger charge is 2.21. The van der Waals surface area contributed by atoms with Crippen molar-refractivity contribution in [3.8, 4) is 0 Å². The smallest absolute Gasteiger partial charge is 0.131 e. The molecule has 0 radical (unpaired) electrons. The zero-order chi connectivity index (χ0) is 13.9. The lowest BCUT2D eigenvalue weighted by molar-refractivity contribution is 0.568. The molecule has 0 unspecified atom stereocenters. The van der Waals surface area contributed by atoms with Gasteiger partial charge in [-0.05, 0) is 27.4 Å². The second-order valence-electron chi connectivity index (χ2n) is 5.06. The summed E-state index contributed by atoms with van der Waals surface area (Å²) in [5.74, 6) is 1.73. The zero-order valence-corrected chi connectivity index (χ0v) is 13.8. The Morgan fingerprint density at radius 3 is 2.79 bits per heavy atom. The Morgan fingerprint density at radius 2 is 2.16 bits per heavy atom. The fourth-order valence-corrected chi connectivity index (χ4v) is 3.05. The fourth-order valence-electron chi connectivity index (χ4n) is 1.78. The van der Waals surface area contributed by atoms with E-state index in [1.54, 1.807) is 11.3 Å². The summed E-state index contributed by atoms with van der Waals surface area (Å²) in [5, 5.41) is 5.53. The molecule has 19 heavy (non-hydrogen) atoms. The van der Waals surface area contributed by atoms with Gasteiger partial charge in [0.2, 0.25) is 0 Å². The molecule has 2 aromatic heterocycles. The standard InChI is InChI=1S/C14H18BrN3S/c1-4-12-17-11(15)8-13(18-12)16-9-14(2,3)10-6-5-7-19-10/h5-8H,4,9H2,1-3H3,(H,16,17,18). The van der Waals surface area contributed by atoms with Gasteiger partial charge in [0.25, 0.3) is 0 Å². The van der Waals surface area contributed by atoms with Gasteiger partial charge in [0.1, 0.15) is 16.2 Å². The molecule has 2 heterocycles. The molecular formula is C14H18BrN3S. The number of nitrogens with one attached hydrogen (secondary N) is 1. The normalized spacial score (nSPS) is 11.6. The molecule has 0 saturated heterocycles. The van der Waals surface area contributed by atoms with E-state index in [2.05, 4.69) is 69.5 Å². The Bertz CT molecular complexity index is 538. The van der Waals surface area contributed by atoms with Crippen LogP contribution in [0.4, 0.5) is 5.82 Å². The van der Waals surface area contributed by atoms with Gasteiger partial charge in [-0.3, -0.25) is 0 Å². The average Bonchev–Trinajstić information content (AvgIpc) is 2.90. The average molecular weight is 340 g/mol. The number of anilines is 1. The number of hydrogen-bond acceptors (Lipinski definition) is 4. The highest BCUT2D eigenvalue weighted by Crippen LogP contribution is 2.27. The minimum Gasteiger partial charge on any atom is -0.369 e. The van der Waals surface area contributed by atoms with Crippen LogP contribution in [-0.4, -0.2) is 16.5 Å². The van der Waals surface area contributed by atoms with Crippen molar-refractivity contribution in [1.29, 1.82) is 0 Å². The molecule has 0 bridgehead atoms. The van der Waals surface area contributed by atoms with Gasteiger partial charge in [-0.25, -0.2) is 9.97 Å². The lowest BCUT2D eigenvalue weighted by Crippen LogP contribution is -2.27. The van der Waals surface area contributed by atoms with E-state index in [0.29, 0.717) is 0 Å². The van der Waals surface area contributed by atoms with Gasteiger partial charge in [0, 0.05) is 29.3 Å². The Morgan fingerprint density at radius 1 is 1.37 bits per heavy atom. The van der Waals surface area contributed by atoms with E-state index in [4.69, 9.17) is 0 Å². The number of aryl methyl sites for hydroxylation is 1. The molecule has 0 saturated carbocycles. The molecule has 2 aromatic rings. The lowest BCUT2D eigenvalue weighted by Gasteiger charge is -2.24. The third kappa shape index (κ3) is 3.76. The summed E-state index contributed by atoms with van der Waals surface area (Å²) >= 11 is 5.22. The van der Waals surface area contributed by atoms with Crippen LogP contribution >= 0.6 is 27.3 Å². The summed E-state index contributed by atoms with van der Waals surface area (Å²) in [6.07, 6.45) is 0.836. The molecular weight excluding hydrogens is 322 g/mol. The van der Waals surface area contributed by atoms with Crippen LogP contribution in [0.15, 0.2) is 28.2 Å². The topological polar surface area (TPSA) is 37.8 Å². The fraction of sp³-hybridized carbons (Fsp3) is 0.429. The van der Waals surface area contributed by atoms with Crippen molar-refractivity contribution < 1.29 is 0 Å². The number of nitrogens with zero attached hydrogens (tertiary/aromatic N) is 2. The summed E-state index contributed by atoms with van der Waals surface area (Å²) in [4.78, 5) is 10.2. The minimum atomic E-state index is 0.0952. The maximum absolute atomic E-state index is 4.49. The Hall–Kier alpha value is -0.940. The third-order valence-corrected chi connectivity index (χ3v) is 4.60. The molecule has 1 N–H and O–H groups in total. The van der Waals surface area contributed by atoms with Gasteiger partial charge in [-0.2, -0.15) is 0 Å². The second-order valence-corrected chi connectivity index (χ2v) is 6.82. The van der Waals surface area contributed by atoms with Crippen molar-refractivity contribution in [2.75, 3.05) is 11.9 Å². The lowest BCUT2D eigenvalue weighted by atomic mass is 9.91. The van der Waals surface area contributed by atoms with Crippen LogP contribution in [0.1, 0.15) is 31.5 Å². The van der Waals surface area contributed by atoms with Crippen molar-refractivity contribution in [2.45, 2.75) is 32.6 Å². The summed E-state index contributed by atoms with van der Waals surface area (Å²) in [6.45, 7) is 7.38. The van der Waals surface area contributed by atoms with Crippen molar-refractivity contribution in [2.24, 2.45) is 0 Å². The van der Waals surface area contributed by atoms with Crippen LogP contribution in [0.5, 0.6) is 0 Å². The molecule has 0 aromatic carbocycles. The molecule has 0 aliphatic heterocycles. The van der Waals surface area contributed by atoms with E-state index in [9.17, 15) is 0 Å². The third-order valence-electron chi connectivity index (χ3n) is 2.96. The molecule has 0 fully saturated rings. The second kappa shape index (κ2) is 6.01. The van der Waals surface area contributed by atoms with Gasteiger partial charge in [0.05, 0.1) is 0 Å². The quantitative estimate of drug-likeness (QED) is 0.827. The van der Waals surface area contributed by atoms with Crippen molar-refractivity contribution in [1.82, 2.24) is 9.97 Å². The van der Waals surface area contributed by atoms with Crippen LogP contribution < -0.4 is 5.32 Å². The van der Waals surface area contributed by atoms with E-state index in [1.165, 1.54) is 4.88 Å². The van der Waals surface area contributed by atoms with Crippen molar-refractivity contribution >= 4 is 33.1 Å². The number of thiophene rings is 1. The van der Waals surface area contributed by atoms with Gasteiger partial charge in [-0.1, -0.05) is 26.8 Å². The Balaban J connectivity index is 2.08. The first kappa shape index (κ1) is 14.5. The van der Waals surface area contributed by atoms with Gasteiger partial charge in [0.15, 0.2) is 0 Å². The minimum absolute atomic E-state index is 0.0952. The number of halogens is 1. The highest BCUT2D eigenvalue weighted by molar-refractivity contribution is 9.10. The van der Waals surface area contributed by atoms with E-state index < -0.39 is 0 Å². The molecule has 0 aliphatic carbocycles. The summed E-state index contributed by atoms with van der Waals surface area (Å²) < 4.78 is 0.829. The Kier molecular flexibility index (Phi) is 4.58. The van der Waals surface area contributed by atoms with E-state index >= 15 is 0 Å². The van der Waals surface area contributed by atoms with E-state index in [-0.39, 0.29) is 5.41 Å². The molecule has 0 atom stereocenters. The number of rotatable bonds is 5. The molecule has 102 valence electrons. The number of aromatic nitrogens is 2. The first-order valence-electron chi connectivity index (χ1n) is 6.32. The summed E-state index contributed by atoms with van der Waals surface area (Å²) in [7, 11) is 0. The molecule has 0 amide bonds. The Labute approximate surface area is 126 Å². The SMILES string of the molecule is CCc1nc(Br)cc(NCC(C)(C)c2cccs2)n1. The van der Waals surface area contributed by atoms with Crippen LogP contribution in [0, 0.1) is 0 Å². The van der Waals surface area contributed by atoms with Gasteiger partial charge >= 0.3 is 0 Å². The summed E-state index contributed by atoms with van der Waals surface area (Å²) in [5.41, 5.74) is 0.0952. The van der Waals surface area contributed by atoms with Crippen LogP contribution in [0.25, 0.3) is 0 Å². The zero-order valence-electron chi connectivity index (χ0n) is 11.4.